The predicted octanol–water partition coefficient (Wildman–Crippen LogP) is 3.75. The summed E-state index contributed by atoms with van der Waals surface area (Å²) in [4.78, 5) is 23.9. The zero-order valence-electron chi connectivity index (χ0n) is 15.5. The quantitative estimate of drug-likeness (QED) is 0.543. The van der Waals surface area contributed by atoms with Gasteiger partial charge in [-0.1, -0.05) is 18.2 Å². The number of halogens is 1. The van der Waals surface area contributed by atoms with Crippen LogP contribution in [0.5, 0.6) is 0 Å². The van der Waals surface area contributed by atoms with Gasteiger partial charge in [0, 0.05) is 24.0 Å². The zero-order valence-corrected chi connectivity index (χ0v) is 15.5. The number of urea groups is 1. The fourth-order valence-electron chi connectivity index (χ4n) is 2.73. The Morgan fingerprint density at radius 2 is 1.75 bits per heavy atom. The minimum Gasteiger partial charge on any atom is -0.459 e. The Balaban J connectivity index is 1.36. The molecule has 1 atom stereocenters. The zero-order chi connectivity index (χ0) is 19.9. The molecule has 3 N–H and O–H groups in total. The van der Waals surface area contributed by atoms with Gasteiger partial charge in [0.1, 0.15) is 17.2 Å². The minimum atomic E-state index is -0.386. The molecular formula is C21H22FN3O3. The van der Waals surface area contributed by atoms with Crippen molar-refractivity contribution < 1.29 is 18.4 Å². The first-order chi connectivity index (χ1) is 13.5. The topological polar surface area (TPSA) is 83.4 Å². The third-order valence-corrected chi connectivity index (χ3v) is 4.25. The lowest BCUT2D eigenvalue weighted by Crippen LogP contribution is -2.38. The summed E-state index contributed by atoms with van der Waals surface area (Å²) >= 11 is 0. The van der Waals surface area contributed by atoms with Crippen LogP contribution in [0, 0.1) is 5.82 Å². The third kappa shape index (κ3) is 5.09. The Morgan fingerprint density at radius 3 is 2.50 bits per heavy atom. The highest BCUT2D eigenvalue weighted by Crippen LogP contribution is 2.23. The summed E-state index contributed by atoms with van der Waals surface area (Å²) in [6.45, 7) is 2.65. The highest BCUT2D eigenvalue weighted by molar-refractivity contribution is 5.94. The molecule has 0 bridgehead atoms. The van der Waals surface area contributed by atoms with Crippen LogP contribution < -0.4 is 16.0 Å². The maximum atomic E-state index is 12.8. The van der Waals surface area contributed by atoms with Gasteiger partial charge in [0.2, 0.25) is 0 Å². The number of hydrogen-bond donors (Lipinski definition) is 3. The third-order valence-electron chi connectivity index (χ3n) is 4.25. The number of benzene rings is 2. The summed E-state index contributed by atoms with van der Waals surface area (Å²) in [5.41, 5.74) is 1.18. The van der Waals surface area contributed by atoms with E-state index in [0.717, 1.165) is 11.0 Å². The molecule has 0 aliphatic carbocycles. The van der Waals surface area contributed by atoms with E-state index in [9.17, 15) is 14.0 Å². The first-order valence-electron chi connectivity index (χ1n) is 9.09. The van der Waals surface area contributed by atoms with Crippen LogP contribution in [0.4, 0.5) is 9.18 Å². The normalized spacial score (nSPS) is 11.8. The van der Waals surface area contributed by atoms with Crippen molar-refractivity contribution in [3.63, 3.8) is 0 Å². The van der Waals surface area contributed by atoms with Gasteiger partial charge in [0.15, 0.2) is 0 Å². The molecule has 0 aliphatic heterocycles. The molecule has 146 valence electrons. The largest absolute Gasteiger partial charge is 0.459 e. The molecule has 1 aromatic heterocycles. The van der Waals surface area contributed by atoms with Gasteiger partial charge < -0.3 is 20.4 Å². The Kier molecular flexibility index (Phi) is 6.26. The summed E-state index contributed by atoms with van der Waals surface area (Å²) in [5.74, 6) is 0.0227. The van der Waals surface area contributed by atoms with Crippen molar-refractivity contribution in [2.75, 3.05) is 13.1 Å². The second-order valence-corrected chi connectivity index (χ2v) is 6.42. The summed E-state index contributed by atoms with van der Waals surface area (Å²) in [6.07, 6.45) is 0.569. The van der Waals surface area contributed by atoms with Crippen LogP contribution in [0.25, 0.3) is 11.0 Å². The van der Waals surface area contributed by atoms with E-state index in [1.54, 1.807) is 0 Å². The van der Waals surface area contributed by atoms with Crippen molar-refractivity contribution in [2.45, 2.75) is 19.4 Å². The summed E-state index contributed by atoms with van der Waals surface area (Å²) in [5, 5.41) is 9.28. The molecule has 0 saturated carbocycles. The van der Waals surface area contributed by atoms with Crippen molar-refractivity contribution in [3.8, 4) is 0 Å². The average Bonchev–Trinajstić information content (AvgIpc) is 3.12. The van der Waals surface area contributed by atoms with E-state index in [0.29, 0.717) is 30.8 Å². The summed E-state index contributed by atoms with van der Waals surface area (Å²) in [6, 6.07) is 14.3. The number of amides is 3. The predicted molar refractivity (Wildman–Crippen MR) is 105 cm³/mol. The van der Waals surface area contributed by atoms with Crippen LogP contribution in [0.3, 0.4) is 0 Å². The number of carbonyl (C=O) groups is 2. The molecule has 2 aromatic carbocycles. The van der Waals surface area contributed by atoms with E-state index in [2.05, 4.69) is 16.0 Å². The van der Waals surface area contributed by atoms with Crippen molar-refractivity contribution >= 4 is 22.9 Å². The fourth-order valence-corrected chi connectivity index (χ4v) is 2.73. The van der Waals surface area contributed by atoms with Crippen LogP contribution in [-0.2, 0) is 0 Å². The average molecular weight is 383 g/mol. The van der Waals surface area contributed by atoms with Crippen molar-refractivity contribution in [2.24, 2.45) is 0 Å². The van der Waals surface area contributed by atoms with Crippen LogP contribution >= 0.6 is 0 Å². The number of rotatable bonds is 7. The maximum Gasteiger partial charge on any atom is 0.315 e. The molecule has 7 heteroatoms. The summed E-state index contributed by atoms with van der Waals surface area (Å²) < 4.78 is 18.6. The number of carbonyl (C=O) groups excluding carboxylic acids is 2. The van der Waals surface area contributed by atoms with Crippen LogP contribution in [-0.4, -0.2) is 25.0 Å². The number of fused-ring (bicyclic) bond motifs is 1. The molecule has 0 aliphatic rings. The molecule has 3 aromatic rings. The van der Waals surface area contributed by atoms with Gasteiger partial charge in [0.05, 0.1) is 6.04 Å². The van der Waals surface area contributed by atoms with Gasteiger partial charge in [-0.2, -0.15) is 0 Å². The number of para-hydroxylation sites is 1. The lowest BCUT2D eigenvalue weighted by Gasteiger charge is -2.12. The number of hydrogen-bond acceptors (Lipinski definition) is 3. The second kappa shape index (κ2) is 9.03. The molecule has 6 nitrogen and oxygen atoms in total. The molecule has 3 amide bonds. The van der Waals surface area contributed by atoms with Gasteiger partial charge in [-0.15, -0.1) is 0 Å². The molecule has 1 unspecified atom stereocenters. The fraction of sp³-hybridized carbons (Fsp3) is 0.238. The Bertz CT molecular complexity index is 920. The van der Waals surface area contributed by atoms with Gasteiger partial charge in [-0.3, -0.25) is 4.79 Å². The monoisotopic (exact) mass is 383 g/mol. The Hall–Kier alpha value is -3.35. The molecule has 3 rings (SSSR count). The smallest absolute Gasteiger partial charge is 0.315 e. The van der Waals surface area contributed by atoms with Crippen molar-refractivity contribution in [1.29, 1.82) is 0 Å². The molecular weight excluding hydrogens is 361 g/mol. The van der Waals surface area contributed by atoms with Gasteiger partial charge in [0.25, 0.3) is 5.91 Å². The number of furan rings is 1. The highest BCUT2D eigenvalue weighted by Gasteiger charge is 2.13. The first-order valence-corrected chi connectivity index (χ1v) is 9.09. The van der Waals surface area contributed by atoms with Crippen LogP contribution in [0.1, 0.15) is 35.5 Å². The van der Waals surface area contributed by atoms with E-state index in [4.69, 9.17) is 4.42 Å². The highest BCUT2D eigenvalue weighted by atomic mass is 19.1. The standard InChI is InChI=1S/C21H22FN3O3/c1-14(19-13-16-5-2-3-6-18(16)28-19)25-21(27)24-12-4-11-23-20(26)15-7-9-17(22)10-8-15/h2-3,5-10,13-14H,4,11-12H2,1H3,(H,23,26)(H2,24,25,27). The molecule has 0 radical (unpaired) electrons. The van der Waals surface area contributed by atoms with E-state index < -0.39 is 0 Å². The van der Waals surface area contributed by atoms with Crippen molar-refractivity contribution in [1.82, 2.24) is 16.0 Å². The lowest BCUT2D eigenvalue weighted by molar-refractivity contribution is 0.0953. The van der Waals surface area contributed by atoms with E-state index in [1.807, 2.05) is 37.3 Å². The van der Waals surface area contributed by atoms with E-state index >= 15 is 0 Å². The van der Waals surface area contributed by atoms with Crippen molar-refractivity contribution in [3.05, 3.63) is 71.7 Å². The SMILES string of the molecule is CC(NC(=O)NCCCNC(=O)c1ccc(F)cc1)c1cc2ccccc2o1. The molecule has 0 fully saturated rings. The van der Waals surface area contributed by atoms with Gasteiger partial charge in [-0.05, 0) is 49.7 Å². The maximum absolute atomic E-state index is 12.8. The summed E-state index contributed by atoms with van der Waals surface area (Å²) in [7, 11) is 0. The molecule has 0 spiro atoms. The number of nitrogens with one attached hydrogen (secondary N) is 3. The minimum absolute atomic E-state index is 0.273. The molecule has 0 saturated heterocycles. The van der Waals surface area contributed by atoms with Gasteiger partial charge >= 0.3 is 6.03 Å². The first kappa shape index (κ1) is 19.4. The molecule has 28 heavy (non-hydrogen) atoms. The van der Waals surface area contributed by atoms with Gasteiger partial charge in [-0.25, -0.2) is 9.18 Å². The Labute approximate surface area is 162 Å². The van der Waals surface area contributed by atoms with Crippen LogP contribution in [0.2, 0.25) is 0 Å². The second-order valence-electron chi connectivity index (χ2n) is 6.42. The molecule has 1 heterocycles. The van der Waals surface area contributed by atoms with E-state index in [-0.39, 0.29) is 23.8 Å². The Morgan fingerprint density at radius 1 is 1.04 bits per heavy atom. The van der Waals surface area contributed by atoms with Crippen LogP contribution in [0.15, 0.2) is 59.0 Å². The van der Waals surface area contributed by atoms with E-state index in [1.165, 1.54) is 24.3 Å². The lowest BCUT2D eigenvalue weighted by atomic mass is 10.2.